The SMILES string of the molecule is C=C(/C=C\C=C/C)C1CN(C2CCC(CC#N)(n3cc(C(N)=O)c(NC(=O)C4CC4)n3)CC2)C1. The number of carbonyl (C=O) groups excluding carboxylic acids is 2. The maximum absolute atomic E-state index is 12.3. The molecule has 34 heavy (non-hydrogen) atoms. The second-order valence-corrected chi connectivity index (χ2v) is 9.86. The monoisotopic (exact) mass is 462 g/mol. The number of nitrogens with one attached hydrogen (secondary N) is 1. The van der Waals surface area contributed by atoms with E-state index in [2.05, 4.69) is 34.0 Å². The molecule has 0 unspecified atom stereocenters. The summed E-state index contributed by atoms with van der Waals surface area (Å²) in [7, 11) is 0. The Morgan fingerprint density at radius 1 is 1.26 bits per heavy atom. The van der Waals surface area contributed by atoms with Crippen LogP contribution < -0.4 is 11.1 Å². The summed E-state index contributed by atoms with van der Waals surface area (Å²) >= 11 is 0. The normalized spacial score (nSPS) is 25.8. The molecule has 3 N–H and O–H groups in total. The molecule has 4 rings (SSSR count). The lowest BCUT2D eigenvalue weighted by atomic mass is 9.75. The first-order valence-corrected chi connectivity index (χ1v) is 12.2. The Morgan fingerprint density at radius 3 is 2.56 bits per heavy atom. The number of primary amides is 1. The van der Waals surface area contributed by atoms with Crippen LogP contribution in [0, 0.1) is 23.2 Å². The molecule has 0 atom stereocenters. The number of hydrogen-bond donors (Lipinski definition) is 2. The minimum absolute atomic E-state index is 0.00980. The van der Waals surface area contributed by atoms with Crippen molar-refractivity contribution in [3.63, 3.8) is 0 Å². The van der Waals surface area contributed by atoms with Crippen molar-refractivity contribution in [2.75, 3.05) is 18.4 Å². The van der Waals surface area contributed by atoms with E-state index in [-0.39, 0.29) is 23.2 Å². The van der Waals surface area contributed by atoms with Crippen LogP contribution >= 0.6 is 0 Å². The molecule has 8 nitrogen and oxygen atoms in total. The molecule has 2 aliphatic carbocycles. The van der Waals surface area contributed by atoms with E-state index in [9.17, 15) is 14.9 Å². The van der Waals surface area contributed by atoms with Crippen molar-refractivity contribution < 1.29 is 9.59 Å². The molecular weight excluding hydrogens is 428 g/mol. The first-order valence-electron chi connectivity index (χ1n) is 12.2. The van der Waals surface area contributed by atoms with Crippen LogP contribution in [0.25, 0.3) is 0 Å². The summed E-state index contributed by atoms with van der Waals surface area (Å²) in [6.07, 6.45) is 15.2. The van der Waals surface area contributed by atoms with Gasteiger partial charge in [0.15, 0.2) is 5.82 Å². The van der Waals surface area contributed by atoms with Gasteiger partial charge < -0.3 is 11.1 Å². The smallest absolute Gasteiger partial charge is 0.254 e. The summed E-state index contributed by atoms with van der Waals surface area (Å²) in [5, 5.41) is 16.9. The summed E-state index contributed by atoms with van der Waals surface area (Å²) in [6, 6.07) is 2.79. The second-order valence-electron chi connectivity index (χ2n) is 9.86. The van der Waals surface area contributed by atoms with Gasteiger partial charge in [0.1, 0.15) is 5.56 Å². The van der Waals surface area contributed by atoms with Gasteiger partial charge in [-0.2, -0.15) is 10.4 Å². The minimum atomic E-state index is -0.631. The number of anilines is 1. The van der Waals surface area contributed by atoms with E-state index < -0.39 is 11.4 Å². The predicted octanol–water partition coefficient (Wildman–Crippen LogP) is 3.50. The standard InChI is InChI=1S/C26H34N6O2/c1-3-4-5-6-18(2)20-15-31(16-20)21-9-11-26(12-10-21,13-14-27)32-17-22(23(28)33)24(30-32)29-25(34)19-7-8-19/h3-6,17,19-21H,2,7-13,15-16H2,1H3,(H2,28,33)(H,29,30,34)/b4-3-,6-5-. The summed E-state index contributed by atoms with van der Waals surface area (Å²) in [5.74, 6) is -0.0637. The van der Waals surface area contributed by atoms with E-state index in [4.69, 9.17) is 5.73 Å². The van der Waals surface area contributed by atoms with Gasteiger partial charge in [-0.25, -0.2) is 0 Å². The molecule has 0 spiro atoms. The summed E-state index contributed by atoms with van der Waals surface area (Å²) in [5.41, 5.74) is 6.44. The molecule has 0 radical (unpaired) electrons. The quantitative estimate of drug-likeness (QED) is 0.545. The van der Waals surface area contributed by atoms with Crippen LogP contribution in [0.1, 0.15) is 62.2 Å². The molecule has 2 saturated carbocycles. The highest BCUT2D eigenvalue weighted by molar-refractivity contribution is 6.02. The zero-order valence-electron chi connectivity index (χ0n) is 19.9. The number of hydrogen-bond acceptors (Lipinski definition) is 5. The van der Waals surface area contributed by atoms with Crippen molar-refractivity contribution in [3.8, 4) is 6.07 Å². The molecule has 1 saturated heterocycles. The third-order valence-electron chi connectivity index (χ3n) is 7.51. The van der Waals surface area contributed by atoms with Crippen LogP contribution in [0.3, 0.4) is 0 Å². The fraction of sp³-hybridized carbons (Fsp3) is 0.538. The zero-order valence-corrected chi connectivity index (χ0v) is 19.9. The number of aromatic nitrogens is 2. The highest BCUT2D eigenvalue weighted by Crippen LogP contribution is 2.42. The summed E-state index contributed by atoms with van der Waals surface area (Å²) in [4.78, 5) is 26.8. The van der Waals surface area contributed by atoms with Crippen LogP contribution in [-0.2, 0) is 10.3 Å². The Kier molecular flexibility index (Phi) is 7.03. The fourth-order valence-corrected chi connectivity index (χ4v) is 5.06. The van der Waals surface area contributed by atoms with Crippen molar-refractivity contribution in [2.24, 2.45) is 17.6 Å². The number of carbonyl (C=O) groups is 2. The van der Waals surface area contributed by atoms with Crippen molar-refractivity contribution in [1.29, 1.82) is 5.26 Å². The molecule has 1 aliphatic heterocycles. The van der Waals surface area contributed by atoms with Crippen LogP contribution in [0.5, 0.6) is 0 Å². The molecule has 1 aromatic heterocycles. The Hall–Kier alpha value is -3.18. The van der Waals surface area contributed by atoms with E-state index in [0.717, 1.165) is 51.6 Å². The molecule has 3 fully saturated rings. The maximum atomic E-state index is 12.3. The van der Waals surface area contributed by atoms with Gasteiger partial charge in [0.25, 0.3) is 5.91 Å². The van der Waals surface area contributed by atoms with Crippen molar-refractivity contribution in [2.45, 2.75) is 63.5 Å². The second kappa shape index (κ2) is 9.98. The lowest BCUT2D eigenvalue weighted by molar-refractivity contribution is -0.117. The third kappa shape index (κ3) is 5.00. The largest absolute Gasteiger partial charge is 0.365 e. The lowest BCUT2D eigenvalue weighted by Crippen LogP contribution is -2.55. The fourth-order valence-electron chi connectivity index (χ4n) is 5.06. The zero-order chi connectivity index (χ0) is 24.3. The number of nitriles is 1. The molecule has 2 amide bonds. The van der Waals surface area contributed by atoms with Crippen molar-refractivity contribution in [1.82, 2.24) is 14.7 Å². The molecule has 2 heterocycles. The number of likely N-dealkylation sites (tertiary alicyclic amines) is 1. The summed E-state index contributed by atoms with van der Waals surface area (Å²) in [6.45, 7) is 8.24. The van der Waals surface area contributed by atoms with Gasteiger partial charge in [-0.05, 0) is 51.0 Å². The van der Waals surface area contributed by atoms with Gasteiger partial charge in [0.2, 0.25) is 5.91 Å². The number of nitrogens with zero attached hydrogens (tertiary/aromatic N) is 4. The topological polar surface area (TPSA) is 117 Å². The first kappa shape index (κ1) is 24.0. The third-order valence-corrected chi connectivity index (χ3v) is 7.51. The number of allylic oxidation sites excluding steroid dienone is 4. The van der Waals surface area contributed by atoms with E-state index in [0.29, 0.717) is 18.4 Å². The number of rotatable bonds is 9. The van der Waals surface area contributed by atoms with Crippen molar-refractivity contribution in [3.05, 3.63) is 48.2 Å². The Bertz CT molecular complexity index is 1040. The lowest BCUT2D eigenvalue weighted by Gasteiger charge is -2.49. The van der Waals surface area contributed by atoms with Gasteiger partial charge >= 0.3 is 0 Å². The van der Waals surface area contributed by atoms with Crippen LogP contribution in [0.4, 0.5) is 5.82 Å². The molecule has 8 heteroatoms. The van der Waals surface area contributed by atoms with E-state index in [1.54, 1.807) is 10.9 Å². The average molecular weight is 463 g/mol. The van der Waals surface area contributed by atoms with Gasteiger partial charge in [-0.15, -0.1) is 0 Å². The highest BCUT2D eigenvalue weighted by atomic mass is 16.2. The highest BCUT2D eigenvalue weighted by Gasteiger charge is 2.43. The van der Waals surface area contributed by atoms with Gasteiger partial charge in [0.05, 0.1) is 18.0 Å². The predicted molar refractivity (Wildman–Crippen MR) is 131 cm³/mol. The number of amides is 2. The molecule has 180 valence electrons. The van der Waals surface area contributed by atoms with E-state index >= 15 is 0 Å². The minimum Gasteiger partial charge on any atom is -0.365 e. The Balaban J connectivity index is 1.41. The maximum Gasteiger partial charge on any atom is 0.254 e. The number of nitrogens with two attached hydrogens (primary N) is 1. The van der Waals surface area contributed by atoms with Gasteiger partial charge in [0, 0.05) is 37.2 Å². The molecular formula is C26H34N6O2. The summed E-state index contributed by atoms with van der Waals surface area (Å²) < 4.78 is 1.72. The van der Waals surface area contributed by atoms with Crippen LogP contribution in [-0.4, -0.2) is 45.6 Å². The van der Waals surface area contributed by atoms with Gasteiger partial charge in [-0.1, -0.05) is 30.9 Å². The van der Waals surface area contributed by atoms with Crippen molar-refractivity contribution >= 4 is 17.6 Å². The van der Waals surface area contributed by atoms with Gasteiger partial charge in [-0.3, -0.25) is 19.2 Å². The van der Waals surface area contributed by atoms with Crippen LogP contribution in [0.15, 0.2) is 42.7 Å². The van der Waals surface area contributed by atoms with Crippen LogP contribution in [0.2, 0.25) is 0 Å². The molecule has 0 aromatic carbocycles. The Morgan fingerprint density at radius 2 is 1.97 bits per heavy atom. The van der Waals surface area contributed by atoms with E-state index in [1.807, 2.05) is 25.2 Å². The molecule has 0 bridgehead atoms. The molecule has 3 aliphatic rings. The van der Waals surface area contributed by atoms with E-state index in [1.165, 1.54) is 5.57 Å². The first-order chi connectivity index (χ1) is 16.4. The average Bonchev–Trinajstić information content (AvgIpc) is 3.54. The Labute approximate surface area is 201 Å². The molecule has 1 aromatic rings.